The van der Waals surface area contributed by atoms with E-state index < -0.39 is 0 Å². The molecule has 1 saturated heterocycles. The molecular weight excluding hydrogens is 292 g/mol. The highest BCUT2D eigenvalue weighted by Gasteiger charge is 2.33. The fourth-order valence-electron chi connectivity index (χ4n) is 3.17. The first-order chi connectivity index (χ1) is 11.0. The molecule has 7 nitrogen and oxygen atoms in total. The Balaban J connectivity index is 1.92. The maximum Gasteiger partial charge on any atom is 0.257 e. The smallest absolute Gasteiger partial charge is 0.257 e. The van der Waals surface area contributed by atoms with Gasteiger partial charge in [-0.3, -0.25) is 9.48 Å². The van der Waals surface area contributed by atoms with Gasteiger partial charge in [0.15, 0.2) is 0 Å². The topological polar surface area (TPSA) is 75.9 Å². The average molecular weight is 314 g/mol. The number of likely N-dealkylation sites (tertiary alicyclic amines) is 1. The van der Waals surface area contributed by atoms with E-state index in [1.165, 1.54) is 0 Å². The fraction of sp³-hybridized carbons (Fsp3) is 0.500. The van der Waals surface area contributed by atoms with Gasteiger partial charge in [0, 0.05) is 32.9 Å². The first-order valence-corrected chi connectivity index (χ1v) is 7.84. The molecule has 1 aliphatic rings. The Morgan fingerprint density at radius 2 is 2.13 bits per heavy atom. The van der Waals surface area contributed by atoms with E-state index in [0.717, 1.165) is 36.6 Å². The van der Waals surface area contributed by atoms with Crippen molar-refractivity contribution in [1.29, 1.82) is 0 Å². The van der Waals surface area contributed by atoms with Gasteiger partial charge >= 0.3 is 0 Å². The summed E-state index contributed by atoms with van der Waals surface area (Å²) in [7, 11) is 3.67. The molecule has 2 aromatic heterocycles. The molecule has 1 atom stereocenters. The van der Waals surface area contributed by atoms with Gasteiger partial charge in [-0.1, -0.05) is 0 Å². The van der Waals surface area contributed by atoms with Gasteiger partial charge in [0.25, 0.3) is 5.91 Å². The van der Waals surface area contributed by atoms with Crippen molar-refractivity contribution in [2.75, 3.05) is 18.9 Å². The minimum absolute atomic E-state index is 0.00379. The van der Waals surface area contributed by atoms with Gasteiger partial charge in [-0.25, -0.2) is 9.97 Å². The molecule has 1 N–H and O–H groups in total. The molecule has 0 radical (unpaired) electrons. The first kappa shape index (κ1) is 15.5. The molecule has 1 fully saturated rings. The van der Waals surface area contributed by atoms with Crippen molar-refractivity contribution in [1.82, 2.24) is 24.6 Å². The maximum absolute atomic E-state index is 12.9. The summed E-state index contributed by atoms with van der Waals surface area (Å²) in [6.45, 7) is 4.48. The Bertz CT molecular complexity index is 738. The van der Waals surface area contributed by atoms with Crippen LogP contribution in [0, 0.1) is 13.8 Å². The summed E-state index contributed by atoms with van der Waals surface area (Å²) < 4.78 is 1.68. The van der Waals surface area contributed by atoms with Gasteiger partial charge in [-0.2, -0.15) is 5.10 Å². The van der Waals surface area contributed by atoms with E-state index in [1.54, 1.807) is 10.9 Å². The molecule has 3 heterocycles. The Morgan fingerprint density at radius 1 is 1.35 bits per heavy atom. The Kier molecular flexibility index (Phi) is 4.02. The third kappa shape index (κ3) is 2.91. The van der Waals surface area contributed by atoms with Crippen molar-refractivity contribution in [2.45, 2.75) is 32.7 Å². The lowest BCUT2D eigenvalue weighted by molar-refractivity contribution is 0.0732. The molecule has 7 heteroatoms. The third-order valence-electron chi connectivity index (χ3n) is 4.21. The quantitative estimate of drug-likeness (QED) is 0.935. The highest BCUT2D eigenvalue weighted by atomic mass is 16.2. The molecule has 1 amide bonds. The van der Waals surface area contributed by atoms with Gasteiger partial charge in [0.2, 0.25) is 0 Å². The van der Waals surface area contributed by atoms with Crippen molar-refractivity contribution in [3.8, 4) is 0 Å². The Labute approximate surface area is 135 Å². The molecule has 0 spiro atoms. The van der Waals surface area contributed by atoms with Crippen molar-refractivity contribution < 1.29 is 4.79 Å². The standard InChI is InChI=1S/C16H22N6O/c1-10-12(9-21(4)20-10)16(23)22-7-5-6-14(22)13-8-15(17-3)19-11(2)18-13/h8-9,14H,5-7H2,1-4H3,(H,17,18,19)/t14-/m0/s1. The van der Waals surface area contributed by atoms with E-state index in [0.29, 0.717) is 11.4 Å². The van der Waals surface area contributed by atoms with Crippen molar-refractivity contribution in [3.63, 3.8) is 0 Å². The molecule has 23 heavy (non-hydrogen) atoms. The number of hydrogen-bond donors (Lipinski definition) is 1. The number of aromatic nitrogens is 4. The van der Waals surface area contributed by atoms with Crippen LogP contribution in [0.25, 0.3) is 0 Å². The zero-order valence-electron chi connectivity index (χ0n) is 14.0. The number of nitrogens with one attached hydrogen (secondary N) is 1. The third-order valence-corrected chi connectivity index (χ3v) is 4.21. The van der Waals surface area contributed by atoms with Crippen LogP contribution in [-0.4, -0.2) is 44.1 Å². The number of hydrogen-bond acceptors (Lipinski definition) is 5. The summed E-state index contributed by atoms with van der Waals surface area (Å²) in [5.74, 6) is 1.52. The minimum Gasteiger partial charge on any atom is -0.373 e. The monoisotopic (exact) mass is 314 g/mol. The second kappa shape index (κ2) is 5.98. The minimum atomic E-state index is -0.00379. The molecule has 1 aliphatic heterocycles. The zero-order valence-corrected chi connectivity index (χ0v) is 14.0. The van der Waals surface area contributed by atoms with Crippen LogP contribution in [0.4, 0.5) is 5.82 Å². The number of anilines is 1. The molecule has 0 aromatic carbocycles. The van der Waals surface area contributed by atoms with Crippen LogP contribution in [0.3, 0.4) is 0 Å². The molecule has 0 bridgehead atoms. The van der Waals surface area contributed by atoms with Gasteiger partial charge < -0.3 is 10.2 Å². The summed E-state index contributed by atoms with van der Waals surface area (Å²) in [4.78, 5) is 23.7. The number of nitrogens with zero attached hydrogens (tertiary/aromatic N) is 5. The maximum atomic E-state index is 12.9. The molecule has 0 aliphatic carbocycles. The SMILES string of the molecule is CNc1cc([C@@H]2CCCN2C(=O)c2cn(C)nc2C)nc(C)n1. The average Bonchev–Trinajstić information content (AvgIpc) is 3.12. The Morgan fingerprint density at radius 3 is 2.78 bits per heavy atom. The highest BCUT2D eigenvalue weighted by Crippen LogP contribution is 2.33. The lowest BCUT2D eigenvalue weighted by Crippen LogP contribution is -2.31. The van der Waals surface area contributed by atoms with Gasteiger partial charge in [-0.05, 0) is 26.7 Å². The molecule has 122 valence electrons. The number of aryl methyl sites for hydroxylation is 3. The van der Waals surface area contributed by atoms with E-state index in [4.69, 9.17) is 0 Å². The van der Waals surface area contributed by atoms with Crippen LogP contribution in [0.2, 0.25) is 0 Å². The lowest BCUT2D eigenvalue weighted by atomic mass is 10.1. The lowest BCUT2D eigenvalue weighted by Gasteiger charge is -2.24. The van der Waals surface area contributed by atoms with Crippen LogP contribution in [0.1, 0.15) is 46.5 Å². The molecule has 2 aromatic rings. The normalized spacial score (nSPS) is 17.6. The predicted octanol–water partition coefficient (Wildman–Crippen LogP) is 1.85. The largest absolute Gasteiger partial charge is 0.373 e. The first-order valence-electron chi connectivity index (χ1n) is 7.84. The van der Waals surface area contributed by atoms with Crippen molar-refractivity contribution in [3.05, 3.63) is 35.0 Å². The number of carbonyl (C=O) groups is 1. The van der Waals surface area contributed by atoms with E-state index in [9.17, 15) is 4.79 Å². The number of amides is 1. The van der Waals surface area contributed by atoms with Crippen LogP contribution >= 0.6 is 0 Å². The van der Waals surface area contributed by atoms with Crippen LogP contribution < -0.4 is 5.32 Å². The van der Waals surface area contributed by atoms with E-state index in [2.05, 4.69) is 20.4 Å². The molecule has 0 unspecified atom stereocenters. The van der Waals surface area contributed by atoms with Crippen LogP contribution in [0.15, 0.2) is 12.3 Å². The van der Waals surface area contributed by atoms with Gasteiger partial charge in [0.05, 0.1) is 23.0 Å². The summed E-state index contributed by atoms with van der Waals surface area (Å²) in [6.07, 6.45) is 3.69. The number of rotatable bonds is 3. The van der Waals surface area contributed by atoms with Crippen LogP contribution in [-0.2, 0) is 7.05 Å². The molecular formula is C16H22N6O. The number of carbonyl (C=O) groups excluding carboxylic acids is 1. The van der Waals surface area contributed by atoms with Crippen molar-refractivity contribution >= 4 is 11.7 Å². The Hall–Kier alpha value is -2.44. The summed E-state index contributed by atoms with van der Waals surface area (Å²) in [5.41, 5.74) is 2.33. The summed E-state index contributed by atoms with van der Waals surface area (Å²) >= 11 is 0. The summed E-state index contributed by atoms with van der Waals surface area (Å²) in [5, 5.41) is 7.33. The van der Waals surface area contributed by atoms with Gasteiger partial charge in [-0.15, -0.1) is 0 Å². The van der Waals surface area contributed by atoms with Crippen LogP contribution in [0.5, 0.6) is 0 Å². The summed E-state index contributed by atoms with van der Waals surface area (Å²) in [6, 6.07) is 1.93. The zero-order chi connectivity index (χ0) is 16.6. The van der Waals surface area contributed by atoms with Gasteiger partial charge in [0.1, 0.15) is 11.6 Å². The second-order valence-corrected chi connectivity index (χ2v) is 5.93. The fourth-order valence-corrected chi connectivity index (χ4v) is 3.17. The highest BCUT2D eigenvalue weighted by molar-refractivity contribution is 5.95. The molecule has 0 saturated carbocycles. The predicted molar refractivity (Wildman–Crippen MR) is 87.3 cm³/mol. The second-order valence-electron chi connectivity index (χ2n) is 5.93. The van der Waals surface area contributed by atoms with E-state index >= 15 is 0 Å². The van der Waals surface area contributed by atoms with E-state index in [-0.39, 0.29) is 11.9 Å². The molecule has 3 rings (SSSR count). The van der Waals surface area contributed by atoms with Crippen molar-refractivity contribution in [2.24, 2.45) is 7.05 Å². The van der Waals surface area contributed by atoms with E-state index in [1.807, 2.05) is 38.9 Å².